The summed E-state index contributed by atoms with van der Waals surface area (Å²) in [5.41, 5.74) is 1.91. The Morgan fingerprint density at radius 2 is 1.82 bits per heavy atom. The topological polar surface area (TPSA) is 69.7 Å². The maximum atomic E-state index is 13.2. The Bertz CT molecular complexity index is 928. The summed E-state index contributed by atoms with van der Waals surface area (Å²) in [6.07, 6.45) is 1.27. The summed E-state index contributed by atoms with van der Waals surface area (Å²) >= 11 is 0. The molecule has 0 aromatic heterocycles. The minimum atomic E-state index is -1.02. The lowest BCUT2D eigenvalue weighted by atomic mass is 9.92. The first kappa shape index (κ1) is 18.2. The van der Waals surface area contributed by atoms with Gasteiger partial charge in [-0.25, -0.2) is 4.79 Å². The Labute approximate surface area is 164 Å². The number of carbonyl (C=O) groups is 3. The van der Waals surface area contributed by atoms with Crippen molar-refractivity contribution in [2.45, 2.75) is 31.8 Å². The molecule has 0 radical (unpaired) electrons. The minimum Gasteiger partial charge on any atom is -0.337 e. The third kappa shape index (κ3) is 2.95. The first-order valence-electron chi connectivity index (χ1n) is 9.59. The highest BCUT2D eigenvalue weighted by Crippen LogP contribution is 2.41. The van der Waals surface area contributed by atoms with Gasteiger partial charge >= 0.3 is 6.03 Å². The molecule has 144 valence electrons. The number of nitrogens with zero attached hydrogens (tertiary/aromatic N) is 2. The quantitative estimate of drug-likeness (QED) is 0.814. The van der Waals surface area contributed by atoms with E-state index in [1.165, 1.54) is 0 Å². The smallest absolute Gasteiger partial charge is 0.325 e. The van der Waals surface area contributed by atoms with E-state index in [1.54, 1.807) is 4.90 Å². The van der Waals surface area contributed by atoms with Crippen LogP contribution in [0.4, 0.5) is 4.79 Å². The van der Waals surface area contributed by atoms with Gasteiger partial charge in [0.1, 0.15) is 12.1 Å². The highest BCUT2D eigenvalue weighted by atomic mass is 16.2. The number of amides is 4. The molecular formula is C22H23N3O3. The van der Waals surface area contributed by atoms with Gasteiger partial charge in [-0.1, -0.05) is 54.6 Å². The number of benzene rings is 2. The van der Waals surface area contributed by atoms with Gasteiger partial charge in [-0.2, -0.15) is 0 Å². The lowest BCUT2D eigenvalue weighted by Gasteiger charge is -2.24. The van der Waals surface area contributed by atoms with Crippen molar-refractivity contribution in [1.29, 1.82) is 0 Å². The molecular weight excluding hydrogens is 354 g/mol. The van der Waals surface area contributed by atoms with Crippen molar-refractivity contribution in [3.63, 3.8) is 0 Å². The van der Waals surface area contributed by atoms with E-state index in [2.05, 4.69) is 5.32 Å². The normalized spacial score (nSPS) is 20.4. The molecule has 6 nitrogen and oxygen atoms in total. The molecule has 2 aromatic rings. The van der Waals surface area contributed by atoms with Crippen molar-refractivity contribution >= 4 is 17.8 Å². The predicted octanol–water partition coefficient (Wildman–Crippen LogP) is 2.43. The van der Waals surface area contributed by atoms with Crippen LogP contribution < -0.4 is 5.32 Å². The fourth-order valence-corrected chi connectivity index (χ4v) is 4.15. The van der Waals surface area contributed by atoms with Gasteiger partial charge in [0.15, 0.2) is 0 Å². The van der Waals surface area contributed by atoms with Crippen molar-refractivity contribution in [3.05, 3.63) is 71.3 Å². The molecule has 1 saturated heterocycles. The average molecular weight is 377 g/mol. The summed E-state index contributed by atoms with van der Waals surface area (Å²) < 4.78 is 0. The Kier molecular flexibility index (Phi) is 4.63. The summed E-state index contributed by atoms with van der Waals surface area (Å²) in [4.78, 5) is 41.3. The molecule has 1 aliphatic carbocycles. The van der Waals surface area contributed by atoms with E-state index in [0.717, 1.165) is 28.0 Å². The SMILES string of the molecule is CCN(Cc1ccccc1)C(=O)CN1C(=O)NC2(CCc3ccccc32)C1=O. The van der Waals surface area contributed by atoms with Gasteiger partial charge in [-0.05, 0) is 36.5 Å². The molecule has 1 spiro atoms. The van der Waals surface area contributed by atoms with Crippen LogP contribution in [-0.4, -0.2) is 40.7 Å². The van der Waals surface area contributed by atoms with Gasteiger partial charge in [-0.3, -0.25) is 14.5 Å². The van der Waals surface area contributed by atoms with Gasteiger partial charge in [-0.15, -0.1) is 0 Å². The van der Waals surface area contributed by atoms with Crippen LogP contribution in [0.15, 0.2) is 54.6 Å². The summed E-state index contributed by atoms with van der Waals surface area (Å²) in [6, 6.07) is 16.9. The Balaban J connectivity index is 1.51. The standard InChI is InChI=1S/C22H23N3O3/c1-2-24(14-16-8-4-3-5-9-16)19(26)15-25-20(27)22(23-21(25)28)13-12-17-10-6-7-11-18(17)22/h3-11H,2,12-15H2,1H3,(H,23,28). The number of imide groups is 1. The second-order valence-electron chi connectivity index (χ2n) is 7.28. The van der Waals surface area contributed by atoms with Gasteiger partial charge < -0.3 is 10.2 Å². The van der Waals surface area contributed by atoms with Crippen LogP contribution >= 0.6 is 0 Å². The molecule has 2 aliphatic rings. The van der Waals surface area contributed by atoms with Crippen LogP contribution in [0.2, 0.25) is 0 Å². The Morgan fingerprint density at radius 1 is 1.11 bits per heavy atom. The zero-order chi connectivity index (χ0) is 19.7. The highest BCUT2D eigenvalue weighted by Gasteiger charge is 2.55. The fourth-order valence-electron chi connectivity index (χ4n) is 4.15. The Hall–Kier alpha value is -3.15. The molecule has 1 heterocycles. The first-order chi connectivity index (χ1) is 13.5. The molecule has 1 aliphatic heterocycles. The van der Waals surface area contributed by atoms with Crippen LogP contribution in [-0.2, 0) is 28.1 Å². The number of nitrogens with one attached hydrogen (secondary N) is 1. The van der Waals surface area contributed by atoms with Gasteiger partial charge in [0, 0.05) is 13.1 Å². The highest BCUT2D eigenvalue weighted by molar-refractivity contribution is 6.09. The van der Waals surface area contributed by atoms with Crippen molar-refractivity contribution in [2.75, 3.05) is 13.1 Å². The molecule has 1 fully saturated rings. The van der Waals surface area contributed by atoms with Crippen molar-refractivity contribution in [2.24, 2.45) is 0 Å². The van der Waals surface area contributed by atoms with Crippen molar-refractivity contribution in [1.82, 2.24) is 15.1 Å². The van der Waals surface area contributed by atoms with E-state index in [4.69, 9.17) is 0 Å². The molecule has 2 aromatic carbocycles. The van der Waals surface area contributed by atoms with E-state index in [0.29, 0.717) is 19.5 Å². The first-order valence-corrected chi connectivity index (χ1v) is 9.59. The maximum Gasteiger partial charge on any atom is 0.325 e. The number of hydrogen-bond donors (Lipinski definition) is 1. The largest absolute Gasteiger partial charge is 0.337 e. The molecule has 0 bridgehead atoms. The van der Waals surface area contributed by atoms with Crippen molar-refractivity contribution < 1.29 is 14.4 Å². The van der Waals surface area contributed by atoms with Crippen LogP contribution in [0.5, 0.6) is 0 Å². The maximum absolute atomic E-state index is 13.2. The van der Waals surface area contributed by atoms with Crippen LogP contribution in [0, 0.1) is 0 Å². The molecule has 4 rings (SSSR count). The number of fused-ring (bicyclic) bond motifs is 2. The molecule has 0 saturated carbocycles. The van der Waals surface area contributed by atoms with Crippen LogP contribution in [0.1, 0.15) is 30.0 Å². The van der Waals surface area contributed by atoms with E-state index in [-0.39, 0.29) is 18.4 Å². The van der Waals surface area contributed by atoms with E-state index < -0.39 is 11.6 Å². The predicted molar refractivity (Wildman–Crippen MR) is 104 cm³/mol. The van der Waals surface area contributed by atoms with Gasteiger partial charge in [0.2, 0.25) is 5.91 Å². The van der Waals surface area contributed by atoms with E-state index in [9.17, 15) is 14.4 Å². The fraction of sp³-hybridized carbons (Fsp3) is 0.318. The number of hydrogen-bond acceptors (Lipinski definition) is 3. The lowest BCUT2D eigenvalue weighted by Crippen LogP contribution is -2.44. The van der Waals surface area contributed by atoms with Crippen molar-refractivity contribution in [3.8, 4) is 0 Å². The second-order valence-corrected chi connectivity index (χ2v) is 7.28. The van der Waals surface area contributed by atoms with Gasteiger partial charge in [0.25, 0.3) is 5.91 Å². The summed E-state index contributed by atoms with van der Waals surface area (Å²) in [5, 5.41) is 2.86. The van der Waals surface area contributed by atoms with E-state index in [1.807, 2.05) is 61.5 Å². The molecule has 1 N–H and O–H groups in total. The lowest BCUT2D eigenvalue weighted by molar-refractivity contribution is -0.139. The molecule has 1 atom stereocenters. The molecule has 6 heteroatoms. The summed E-state index contributed by atoms with van der Waals surface area (Å²) in [7, 11) is 0. The van der Waals surface area contributed by atoms with Gasteiger partial charge in [0.05, 0.1) is 0 Å². The summed E-state index contributed by atoms with van der Waals surface area (Å²) in [6.45, 7) is 2.61. The number of carbonyl (C=O) groups excluding carboxylic acids is 3. The zero-order valence-electron chi connectivity index (χ0n) is 15.9. The van der Waals surface area contributed by atoms with E-state index >= 15 is 0 Å². The number of rotatable bonds is 5. The average Bonchev–Trinajstić information content (AvgIpc) is 3.20. The Morgan fingerprint density at radius 3 is 2.57 bits per heavy atom. The number of urea groups is 1. The monoisotopic (exact) mass is 377 g/mol. The summed E-state index contributed by atoms with van der Waals surface area (Å²) in [5.74, 6) is -0.565. The number of likely N-dealkylation sites (N-methyl/N-ethyl adjacent to an activating group) is 1. The molecule has 28 heavy (non-hydrogen) atoms. The third-order valence-corrected chi connectivity index (χ3v) is 5.67. The minimum absolute atomic E-state index is 0.238. The molecule has 4 amide bonds. The zero-order valence-corrected chi connectivity index (χ0v) is 15.9. The van der Waals surface area contributed by atoms with Crippen LogP contribution in [0.3, 0.4) is 0 Å². The molecule has 1 unspecified atom stereocenters. The third-order valence-electron chi connectivity index (χ3n) is 5.67. The second kappa shape index (κ2) is 7.11. The number of aryl methyl sites for hydroxylation is 1. The van der Waals surface area contributed by atoms with Crippen LogP contribution in [0.25, 0.3) is 0 Å².